The number of fused-ring (bicyclic) bond motifs is 1. The Morgan fingerprint density at radius 1 is 1.32 bits per heavy atom. The molecule has 0 aromatic rings. The molecule has 3 aliphatic rings. The third kappa shape index (κ3) is 6.68. The lowest BCUT2D eigenvalue weighted by Crippen LogP contribution is -2.40. The Hall–Kier alpha value is -1.61. The van der Waals surface area contributed by atoms with E-state index in [1.807, 2.05) is 24.8 Å². The van der Waals surface area contributed by atoms with Gasteiger partial charge in [0.25, 0.3) is 0 Å². The molecule has 0 radical (unpaired) electrons. The molecule has 0 aromatic heterocycles. The highest BCUT2D eigenvalue weighted by molar-refractivity contribution is 5.76. The van der Waals surface area contributed by atoms with Crippen molar-refractivity contribution >= 4 is 5.91 Å². The number of ether oxygens (including phenoxy) is 1. The molecule has 5 heteroatoms. The Kier molecular flexibility index (Phi) is 9.19. The van der Waals surface area contributed by atoms with Crippen LogP contribution in [0.15, 0.2) is 23.8 Å². The van der Waals surface area contributed by atoms with Gasteiger partial charge in [-0.2, -0.15) is 0 Å². The minimum Gasteiger partial charge on any atom is -0.392 e. The zero-order valence-electron chi connectivity index (χ0n) is 19.1. The third-order valence-electron chi connectivity index (χ3n) is 7.22. The van der Waals surface area contributed by atoms with E-state index in [-0.39, 0.29) is 23.8 Å². The monoisotopic (exact) mass is 429 g/mol. The molecule has 1 aliphatic heterocycles. The first kappa shape index (κ1) is 24.0. The molecule has 0 bridgehead atoms. The molecule has 1 amide bonds. The van der Waals surface area contributed by atoms with E-state index < -0.39 is 6.10 Å². The summed E-state index contributed by atoms with van der Waals surface area (Å²) >= 11 is 0. The van der Waals surface area contributed by atoms with Crippen LogP contribution in [0.4, 0.5) is 0 Å². The number of allylic oxidation sites excluding steroid dienone is 2. The number of unbranched alkanes of at least 4 members (excludes halogenated alkanes) is 1. The molecule has 31 heavy (non-hydrogen) atoms. The number of nitrogens with zero attached hydrogens (tertiary/aromatic N) is 1. The van der Waals surface area contributed by atoms with Crippen LogP contribution in [0.1, 0.15) is 58.8 Å². The molecule has 2 saturated carbocycles. The first-order valence-corrected chi connectivity index (χ1v) is 12.0. The van der Waals surface area contributed by atoms with Crippen LogP contribution in [-0.4, -0.2) is 59.5 Å². The van der Waals surface area contributed by atoms with Gasteiger partial charge in [0, 0.05) is 31.8 Å². The van der Waals surface area contributed by atoms with Gasteiger partial charge in [-0.1, -0.05) is 30.7 Å². The first-order valence-electron chi connectivity index (χ1n) is 12.0. The summed E-state index contributed by atoms with van der Waals surface area (Å²) in [6, 6.07) is 0. The summed E-state index contributed by atoms with van der Waals surface area (Å²) in [6.07, 6.45) is 11.5. The summed E-state index contributed by atoms with van der Waals surface area (Å²) in [5.74, 6) is 7.37. The lowest BCUT2D eigenvalue weighted by atomic mass is 9.89. The van der Waals surface area contributed by atoms with Crippen molar-refractivity contribution in [1.82, 2.24) is 4.90 Å². The summed E-state index contributed by atoms with van der Waals surface area (Å²) in [5, 5.41) is 20.9. The highest BCUT2D eigenvalue weighted by Crippen LogP contribution is 2.50. The fraction of sp³-hybridized carbons (Fsp3) is 0.731. The smallest absolute Gasteiger partial charge is 0.222 e. The van der Waals surface area contributed by atoms with Crippen LogP contribution in [0.2, 0.25) is 0 Å². The third-order valence-corrected chi connectivity index (χ3v) is 7.22. The quantitative estimate of drug-likeness (QED) is 0.353. The number of amides is 1. The van der Waals surface area contributed by atoms with E-state index in [1.165, 1.54) is 5.57 Å². The number of aliphatic hydroxyl groups is 2. The molecule has 3 rings (SSSR count). The normalized spacial score (nSPS) is 31.5. The van der Waals surface area contributed by atoms with Gasteiger partial charge in [-0.25, -0.2) is 0 Å². The summed E-state index contributed by atoms with van der Waals surface area (Å²) < 4.78 is 5.31. The molecule has 0 aromatic carbocycles. The van der Waals surface area contributed by atoms with E-state index >= 15 is 0 Å². The van der Waals surface area contributed by atoms with Gasteiger partial charge in [-0.15, -0.1) is 11.8 Å². The highest BCUT2D eigenvalue weighted by atomic mass is 16.5. The van der Waals surface area contributed by atoms with Gasteiger partial charge >= 0.3 is 0 Å². The van der Waals surface area contributed by atoms with Gasteiger partial charge in [-0.05, 0) is 56.8 Å². The van der Waals surface area contributed by atoms with Crippen molar-refractivity contribution in [3.05, 3.63) is 23.8 Å². The fourth-order valence-corrected chi connectivity index (χ4v) is 5.29. The topological polar surface area (TPSA) is 70.0 Å². The van der Waals surface area contributed by atoms with Crippen molar-refractivity contribution in [3.8, 4) is 11.8 Å². The Morgan fingerprint density at radius 2 is 2.10 bits per heavy atom. The average molecular weight is 430 g/mol. The van der Waals surface area contributed by atoms with Gasteiger partial charge in [-0.3, -0.25) is 4.79 Å². The van der Waals surface area contributed by atoms with Crippen LogP contribution < -0.4 is 0 Å². The molecule has 2 N–H and O–H groups in total. The summed E-state index contributed by atoms with van der Waals surface area (Å²) in [5.41, 5.74) is 1.48. The van der Waals surface area contributed by atoms with E-state index in [0.717, 1.165) is 45.2 Å². The van der Waals surface area contributed by atoms with Crippen LogP contribution in [0, 0.1) is 35.5 Å². The average Bonchev–Trinajstić information content (AvgIpc) is 3.30. The van der Waals surface area contributed by atoms with Crippen LogP contribution in [-0.2, 0) is 9.53 Å². The molecule has 6 atom stereocenters. The molecule has 3 fully saturated rings. The van der Waals surface area contributed by atoms with Gasteiger partial charge in [0.2, 0.25) is 5.91 Å². The molecule has 0 unspecified atom stereocenters. The van der Waals surface area contributed by atoms with Crippen molar-refractivity contribution in [2.24, 2.45) is 23.7 Å². The lowest BCUT2D eigenvalue weighted by molar-refractivity contribution is -0.135. The minimum atomic E-state index is -0.521. The summed E-state index contributed by atoms with van der Waals surface area (Å²) in [4.78, 5) is 14.2. The van der Waals surface area contributed by atoms with Crippen LogP contribution in [0.25, 0.3) is 0 Å². The number of hydrogen-bond acceptors (Lipinski definition) is 4. The van der Waals surface area contributed by atoms with Gasteiger partial charge in [0.05, 0.1) is 25.4 Å². The Labute approximate surface area is 187 Å². The minimum absolute atomic E-state index is 0.0947. The van der Waals surface area contributed by atoms with Gasteiger partial charge in [0.15, 0.2) is 0 Å². The zero-order valence-corrected chi connectivity index (χ0v) is 19.1. The molecular weight excluding hydrogens is 390 g/mol. The van der Waals surface area contributed by atoms with Crippen molar-refractivity contribution in [2.75, 3.05) is 26.3 Å². The van der Waals surface area contributed by atoms with Crippen molar-refractivity contribution in [3.63, 3.8) is 0 Å². The van der Waals surface area contributed by atoms with Crippen LogP contribution in [0.3, 0.4) is 0 Å². The molecule has 172 valence electrons. The SMILES string of the molecule is CC#CC[C@@H](C)[C@H](O)/C=C/[C@@H]1[C@H]2C/C(=C/CCCC(=O)N3CCOCC3)C[C@H]2C[C@H]1O. The van der Waals surface area contributed by atoms with E-state index in [1.54, 1.807) is 0 Å². The molecule has 1 heterocycles. The second-order valence-corrected chi connectivity index (χ2v) is 9.44. The Morgan fingerprint density at radius 3 is 2.84 bits per heavy atom. The van der Waals surface area contributed by atoms with Crippen molar-refractivity contribution in [2.45, 2.75) is 71.0 Å². The molecular formula is C26H39NO4. The van der Waals surface area contributed by atoms with E-state index in [4.69, 9.17) is 4.74 Å². The van der Waals surface area contributed by atoms with Crippen LogP contribution in [0.5, 0.6) is 0 Å². The number of carbonyl (C=O) groups excluding carboxylic acids is 1. The largest absolute Gasteiger partial charge is 0.392 e. The number of morpholine rings is 1. The Balaban J connectivity index is 1.45. The molecule has 1 saturated heterocycles. The van der Waals surface area contributed by atoms with Gasteiger partial charge < -0.3 is 19.8 Å². The second kappa shape index (κ2) is 11.9. The predicted octanol–water partition coefficient (Wildman–Crippen LogP) is 3.32. The second-order valence-electron chi connectivity index (χ2n) is 9.44. The number of hydrogen-bond donors (Lipinski definition) is 2. The maximum Gasteiger partial charge on any atom is 0.222 e. The van der Waals surface area contributed by atoms with E-state index in [0.29, 0.717) is 37.9 Å². The maximum absolute atomic E-state index is 12.3. The summed E-state index contributed by atoms with van der Waals surface area (Å²) in [7, 11) is 0. The van der Waals surface area contributed by atoms with E-state index in [2.05, 4.69) is 24.0 Å². The maximum atomic E-state index is 12.3. The summed E-state index contributed by atoms with van der Waals surface area (Å²) in [6.45, 7) is 6.58. The molecule has 0 spiro atoms. The zero-order chi connectivity index (χ0) is 22.2. The Bertz CT molecular complexity index is 713. The van der Waals surface area contributed by atoms with Gasteiger partial charge in [0.1, 0.15) is 0 Å². The number of aliphatic hydroxyl groups excluding tert-OH is 2. The van der Waals surface area contributed by atoms with Crippen LogP contribution >= 0.6 is 0 Å². The molecule has 5 nitrogen and oxygen atoms in total. The predicted molar refractivity (Wildman–Crippen MR) is 122 cm³/mol. The standard InChI is InChI=1S/C26H39NO4/c1-3-4-7-19(2)24(28)11-10-22-23-17-20(16-21(23)18-25(22)29)8-5-6-9-26(30)27-12-14-31-15-13-27/h8,10-11,19,21-25,28-29H,5-7,9,12-18H2,1-2H3/b11-10+,20-8+/t19-,21+,22-,23+,24-,25-/m1/s1. The first-order chi connectivity index (χ1) is 15.0. The number of rotatable bonds is 8. The lowest BCUT2D eigenvalue weighted by Gasteiger charge is -2.26. The van der Waals surface area contributed by atoms with Crippen molar-refractivity contribution < 1.29 is 19.7 Å². The molecule has 2 aliphatic carbocycles. The highest BCUT2D eigenvalue weighted by Gasteiger charge is 2.45. The van der Waals surface area contributed by atoms with E-state index in [9.17, 15) is 15.0 Å². The fourth-order valence-electron chi connectivity index (χ4n) is 5.29. The number of carbonyl (C=O) groups is 1. The van der Waals surface area contributed by atoms with Crippen molar-refractivity contribution in [1.29, 1.82) is 0 Å².